The van der Waals surface area contributed by atoms with Gasteiger partial charge >= 0.3 is 0 Å². The Kier molecular flexibility index (Phi) is 7.88. The summed E-state index contributed by atoms with van der Waals surface area (Å²) in [6, 6.07) is 0. The largest absolute Gasteiger partial charge is 0.385 e. The van der Waals surface area contributed by atoms with E-state index in [2.05, 4.69) is 10.2 Å². The Morgan fingerprint density at radius 1 is 1.07 bits per heavy atom. The molecule has 1 fully saturated rings. The van der Waals surface area contributed by atoms with Crippen LogP contribution in [0.5, 0.6) is 0 Å². The first kappa shape index (κ1) is 12.9. The van der Waals surface area contributed by atoms with Crippen LogP contribution in [0.1, 0.15) is 32.1 Å². The van der Waals surface area contributed by atoms with Crippen LogP contribution in [0.4, 0.5) is 0 Å². The zero-order chi connectivity index (χ0) is 10.8. The summed E-state index contributed by atoms with van der Waals surface area (Å²) >= 11 is 0. The van der Waals surface area contributed by atoms with Gasteiger partial charge in [0, 0.05) is 26.8 Å². The van der Waals surface area contributed by atoms with E-state index in [-0.39, 0.29) is 0 Å². The molecule has 0 spiro atoms. The quantitative estimate of drug-likeness (QED) is 0.650. The van der Waals surface area contributed by atoms with Crippen LogP contribution in [0.25, 0.3) is 0 Å². The smallest absolute Gasteiger partial charge is 0.0474 e. The van der Waals surface area contributed by atoms with E-state index in [4.69, 9.17) is 4.74 Å². The van der Waals surface area contributed by atoms with Crippen LogP contribution in [-0.4, -0.2) is 51.3 Å². The highest BCUT2D eigenvalue weighted by molar-refractivity contribution is 4.64. The van der Waals surface area contributed by atoms with Crippen molar-refractivity contribution in [2.45, 2.75) is 32.1 Å². The van der Waals surface area contributed by atoms with E-state index in [9.17, 15) is 0 Å². The molecule has 1 saturated heterocycles. The van der Waals surface area contributed by atoms with Gasteiger partial charge in [0.05, 0.1) is 0 Å². The van der Waals surface area contributed by atoms with Crippen LogP contribution in [0.15, 0.2) is 0 Å². The van der Waals surface area contributed by atoms with Gasteiger partial charge in [-0.15, -0.1) is 0 Å². The van der Waals surface area contributed by atoms with E-state index in [0.29, 0.717) is 0 Å². The molecule has 3 nitrogen and oxygen atoms in total. The van der Waals surface area contributed by atoms with Crippen molar-refractivity contribution < 1.29 is 4.74 Å². The zero-order valence-corrected chi connectivity index (χ0v) is 10.1. The molecule has 0 aliphatic carbocycles. The van der Waals surface area contributed by atoms with Crippen molar-refractivity contribution in [3.8, 4) is 0 Å². The minimum Gasteiger partial charge on any atom is -0.385 e. The molecule has 0 unspecified atom stereocenters. The number of nitrogens with one attached hydrogen (secondary N) is 1. The van der Waals surface area contributed by atoms with Gasteiger partial charge in [0.15, 0.2) is 0 Å². The minimum atomic E-state index is 0.872. The van der Waals surface area contributed by atoms with E-state index in [1.54, 1.807) is 7.11 Å². The zero-order valence-electron chi connectivity index (χ0n) is 10.1. The normalized spacial score (nSPS) is 19.0. The summed E-state index contributed by atoms with van der Waals surface area (Å²) in [4.78, 5) is 2.59. The van der Waals surface area contributed by atoms with E-state index in [0.717, 1.165) is 26.1 Å². The Morgan fingerprint density at radius 2 is 1.80 bits per heavy atom. The molecular weight excluding hydrogens is 188 g/mol. The molecule has 90 valence electrons. The molecule has 1 N–H and O–H groups in total. The standard InChI is InChI=1S/C12H26N2O/c1-15-12-6-7-13-8-11-14-9-4-2-3-5-10-14/h13H,2-12H2,1H3. The molecule has 0 amide bonds. The van der Waals surface area contributed by atoms with E-state index < -0.39 is 0 Å². The van der Waals surface area contributed by atoms with Gasteiger partial charge in [-0.1, -0.05) is 12.8 Å². The second-order valence-electron chi connectivity index (χ2n) is 4.35. The van der Waals surface area contributed by atoms with E-state index in [1.165, 1.54) is 45.3 Å². The van der Waals surface area contributed by atoms with Gasteiger partial charge in [0.2, 0.25) is 0 Å². The van der Waals surface area contributed by atoms with Crippen molar-refractivity contribution in [3.63, 3.8) is 0 Å². The van der Waals surface area contributed by atoms with Crippen molar-refractivity contribution in [2.24, 2.45) is 0 Å². The maximum absolute atomic E-state index is 5.00. The summed E-state index contributed by atoms with van der Waals surface area (Å²) in [5, 5.41) is 3.47. The van der Waals surface area contributed by atoms with Crippen molar-refractivity contribution in [1.82, 2.24) is 10.2 Å². The van der Waals surface area contributed by atoms with E-state index in [1.807, 2.05) is 0 Å². The lowest BCUT2D eigenvalue weighted by Crippen LogP contribution is -2.33. The van der Waals surface area contributed by atoms with Crippen LogP contribution in [0.2, 0.25) is 0 Å². The molecule has 0 radical (unpaired) electrons. The molecule has 0 aromatic rings. The Labute approximate surface area is 94.2 Å². The van der Waals surface area contributed by atoms with Crippen molar-refractivity contribution in [3.05, 3.63) is 0 Å². The van der Waals surface area contributed by atoms with Crippen molar-refractivity contribution >= 4 is 0 Å². The maximum atomic E-state index is 5.00. The summed E-state index contributed by atoms with van der Waals surface area (Å²) < 4.78 is 5.00. The molecule has 1 heterocycles. The van der Waals surface area contributed by atoms with Gasteiger partial charge in [-0.25, -0.2) is 0 Å². The summed E-state index contributed by atoms with van der Waals surface area (Å²) in [7, 11) is 1.76. The monoisotopic (exact) mass is 214 g/mol. The first-order chi connectivity index (χ1) is 7.43. The number of methoxy groups -OCH3 is 1. The van der Waals surface area contributed by atoms with Gasteiger partial charge in [-0.2, -0.15) is 0 Å². The maximum Gasteiger partial charge on any atom is 0.0474 e. The highest BCUT2D eigenvalue weighted by Gasteiger charge is 2.07. The van der Waals surface area contributed by atoms with Crippen LogP contribution in [0, 0.1) is 0 Å². The molecule has 0 aromatic heterocycles. The fraction of sp³-hybridized carbons (Fsp3) is 1.00. The third-order valence-electron chi connectivity index (χ3n) is 3.01. The molecule has 0 atom stereocenters. The first-order valence-corrected chi connectivity index (χ1v) is 6.35. The third kappa shape index (κ3) is 6.88. The molecule has 15 heavy (non-hydrogen) atoms. The predicted molar refractivity (Wildman–Crippen MR) is 64.3 cm³/mol. The lowest BCUT2D eigenvalue weighted by atomic mass is 10.2. The van der Waals surface area contributed by atoms with Crippen molar-refractivity contribution in [2.75, 3.05) is 46.4 Å². The van der Waals surface area contributed by atoms with Gasteiger partial charge in [-0.3, -0.25) is 0 Å². The van der Waals surface area contributed by atoms with Crippen LogP contribution < -0.4 is 5.32 Å². The molecule has 0 saturated carbocycles. The lowest BCUT2D eigenvalue weighted by molar-refractivity contribution is 0.193. The first-order valence-electron chi connectivity index (χ1n) is 6.35. The van der Waals surface area contributed by atoms with Crippen LogP contribution in [0.3, 0.4) is 0 Å². The highest BCUT2D eigenvalue weighted by atomic mass is 16.5. The second kappa shape index (κ2) is 9.13. The average Bonchev–Trinajstić information content (AvgIpc) is 2.52. The molecule has 1 rings (SSSR count). The summed E-state index contributed by atoms with van der Waals surface area (Å²) in [5.41, 5.74) is 0. The van der Waals surface area contributed by atoms with Crippen LogP contribution >= 0.6 is 0 Å². The Bertz CT molecular complexity index is 134. The SMILES string of the molecule is COCCCNCCN1CCCCCC1. The molecule has 0 aromatic carbocycles. The van der Waals surface area contributed by atoms with Gasteiger partial charge < -0.3 is 15.0 Å². The average molecular weight is 214 g/mol. The number of hydrogen-bond donors (Lipinski definition) is 1. The Hall–Kier alpha value is -0.120. The van der Waals surface area contributed by atoms with Crippen molar-refractivity contribution in [1.29, 1.82) is 0 Å². The highest BCUT2D eigenvalue weighted by Crippen LogP contribution is 2.08. The second-order valence-corrected chi connectivity index (χ2v) is 4.35. The van der Waals surface area contributed by atoms with E-state index >= 15 is 0 Å². The Balaban J connectivity index is 1.89. The number of likely N-dealkylation sites (tertiary alicyclic amines) is 1. The fourth-order valence-electron chi connectivity index (χ4n) is 2.06. The molecule has 0 bridgehead atoms. The molecule has 3 heteroatoms. The summed E-state index contributed by atoms with van der Waals surface area (Å²) in [5.74, 6) is 0. The predicted octanol–water partition coefficient (Wildman–Crippen LogP) is 1.49. The number of ether oxygens (including phenoxy) is 1. The number of nitrogens with zero attached hydrogens (tertiary/aromatic N) is 1. The molecular formula is C12H26N2O. The number of hydrogen-bond acceptors (Lipinski definition) is 3. The fourth-order valence-corrected chi connectivity index (χ4v) is 2.06. The van der Waals surface area contributed by atoms with Gasteiger partial charge in [0.25, 0.3) is 0 Å². The summed E-state index contributed by atoms with van der Waals surface area (Å²) in [6.45, 7) is 6.91. The molecule has 1 aliphatic heterocycles. The Morgan fingerprint density at radius 3 is 2.47 bits per heavy atom. The van der Waals surface area contributed by atoms with Crippen LogP contribution in [-0.2, 0) is 4.74 Å². The molecule has 1 aliphatic rings. The summed E-state index contributed by atoms with van der Waals surface area (Å²) in [6.07, 6.45) is 6.76. The minimum absolute atomic E-state index is 0.872. The topological polar surface area (TPSA) is 24.5 Å². The third-order valence-corrected chi connectivity index (χ3v) is 3.01. The number of rotatable bonds is 7. The lowest BCUT2D eigenvalue weighted by Gasteiger charge is -2.19. The van der Waals surface area contributed by atoms with Gasteiger partial charge in [0.1, 0.15) is 0 Å². The van der Waals surface area contributed by atoms with Gasteiger partial charge in [-0.05, 0) is 38.9 Å².